The number of nitrogens with two attached hydrogens (primary N) is 1. The second-order valence-corrected chi connectivity index (χ2v) is 5.02. The molecule has 1 unspecified atom stereocenters. The van der Waals surface area contributed by atoms with Gasteiger partial charge >= 0.3 is 0 Å². The molecular weight excluding hydrogens is 296 g/mol. The molecule has 0 saturated heterocycles. The first-order valence-electron chi connectivity index (χ1n) is 5.93. The van der Waals surface area contributed by atoms with Gasteiger partial charge in [-0.3, -0.25) is 4.79 Å². The maximum absolute atomic E-state index is 11.9. The quantitative estimate of drug-likeness (QED) is 0.848. The number of anilines is 1. The lowest BCUT2D eigenvalue weighted by Crippen LogP contribution is -2.21. The highest BCUT2D eigenvalue weighted by molar-refractivity contribution is 9.10. The van der Waals surface area contributed by atoms with Crippen LogP contribution in [-0.4, -0.2) is 19.6 Å². The van der Waals surface area contributed by atoms with Crippen LogP contribution in [0.3, 0.4) is 0 Å². The van der Waals surface area contributed by atoms with Crippen LogP contribution in [0.4, 0.5) is 5.69 Å². The van der Waals surface area contributed by atoms with Gasteiger partial charge < -0.3 is 15.8 Å². The zero-order valence-corrected chi connectivity index (χ0v) is 12.3. The molecule has 0 fully saturated rings. The number of amides is 1. The van der Waals surface area contributed by atoms with Crippen LogP contribution in [0.1, 0.15) is 19.8 Å². The van der Waals surface area contributed by atoms with Gasteiger partial charge in [-0.05, 0) is 53.5 Å². The Morgan fingerprint density at radius 1 is 1.56 bits per heavy atom. The fraction of sp³-hybridized carbons (Fsp3) is 0.462. The molecule has 100 valence electrons. The van der Waals surface area contributed by atoms with Crippen molar-refractivity contribution in [2.24, 2.45) is 11.7 Å². The Hall–Kier alpha value is -1.07. The van der Waals surface area contributed by atoms with Crippen molar-refractivity contribution in [1.82, 2.24) is 0 Å². The van der Waals surface area contributed by atoms with Crippen molar-refractivity contribution in [2.75, 3.05) is 19.0 Å². The van der Waals surface area contributed by atoms with Crippen LogP contribution in [-0.2, 0) is 4.79 Å². The molecule has 18 heavy (non-hydrogen) atoms. The van der Waals surface area contributed by atoms with Crippen molar-refractivity contribution in [3.63, 3.8) is 0 Å². The minimum absolute atomic E-state index is 0.0144. The highest BCUT2D eigenvalue weighted by Crippen LogP contribution is 2.27. The van der Waals surface area contributed by atoms with E-state index in [0.717, 1.165) is 28.8 Å². The first kappa shape index (κ1) is 15.0. The Morgan fingerprint density at radius 2 is 2.28 bits per heavy atom. The number of carbonyl (C=O) groups excluding carboxylic acids is 1. The van der Waals surface area contributed by atoms with Crippen molar-refractivity contribution < 1.29 is 9.53 Å². The predicted octanol–water partition coefficient (Wildman–Crippen LogP) is 2.77. The van der Waals surface area contributed by atoms with Gasteiger partial charge in [0.1, 0.15) is 5.75 Å². The van der Waals surface area contributed by atoms with Gasteiger partial charge in [-0.15, -0.1) is 0 Å². The molecule has 3 N–H and O–H groups in total. The maximum Gasteiger partial charge on any atom is 0.227 e. The monoisotopic (exact) mass is 314 g/mol. The van der Waals surface area contributed by atoms with E-state index in [1.165, 1.54) is 0 Å². The van der Waals surface area contributed by atoms with Crippen molar-refractivity contribution in [3.8, 4) is 5.75 Å². The van der Waals surface area contributed by atoms with E-state index in [4.69, 9.17) is 10.5 Å². The number of rotatable bonds is 6. The molecule has 0 aromatic heterocycles. The molecule has 0 aliphatic heterocycles. The van der Waals surface area contributed by atoms with E-state index in [1.54, 1.807) is 7.11 Å². The molecule has 1 rings (SSSR count). The molecule has 0 heterocycles. The number of hydrogen-bond donors (Lipinski definition) is 2. The van der Waals surface area contributed by atoms with Gasteiger partial charge in [-0.25, -0.2) is 0 Å². The Kier molecular flexibility index (Phi) is 6.15. The summed E-state index contributed by atoms with van der Waals surface area (Å²) in [5.41, 5.74) is 6.19. The standard InChI is InChI=1S/C13H19BrN2O2/c1-9(4-3-7-15)13(17)16-10-5-6-12(18-2)11(14)8-10/h5-6,8-9H,3-4,7,15H2,1-2H3,(H,16,17). The van der Waals surface area contributed by atoms with Crippen LogP contribution in [0.25, 0.3) is 0 Å². The molecule has 1 atom stereocenters. The van der Waals surface area contributed by atoms with Gasteiger partial charge in [0.25, 0.3) is 0 Å². The summed E-state index contributed by atoms with van der Waals surface area (Å²) in [4.78, 5) is 11.9. The molecule has 0 saturated carbocycles. The SMILES string of the molecule is COc1ccc(NC(=O)C(C)CCCN)cc1Br. The van der Waals surface area contributed by atoms with E-state index in [0.29, 0.717) is 6.54 Å². The van der Waals surface area contributed by atoms with Crippen LogP contribution in [0.5, 0.6) is 5.75 Å². The minimum Gasteiger partial charge on any atom is -0.496 e. The molecule has 1 aromatic carbocycles. The van der Waals surface area contributed by atoms with E-state index < -0.39 is 0 Å². The summed E-state index contributed by atoms with van der Waals surface area (Å²) in [7, 11) is 1.60. The maximum atomic E-state index is 11.9. The number of benzene rings is 1. The molecule has 0 radical (unpaired) electrons. The van der Waals surface area contributed by atoms with Crippen LogP contribution in [0.2, 0.25) is 0 Å². The van der Waals surface area contributed by atoms with Crippen molar-refractivity contribution in [3.05, 3.63) is 22.7 Å². The average molecular weight is 315 g/mol. The van der Waals surface area contributed by atoms with Crippen molar-refractivity contribution in [1.29, 1.82) is 0 Å². The Morgan fingerprint density at radius 3 is 2.83 bits per heavy atom. The molecule has 1 aromatic rings. The summed E-state index contributed by atoms with van der Waals surface area (Å²) < 4.78 is 5.95. The second-order valence-electron chi connectivity index (χ2n) is 4.17. The lowest BCUT2D eigenvalue weighted by molar-refractivity contribution is -0.119. The Balaban J connectivity index is 2.61. The summed E-state index contributed by atoms with van der Waals surface area (Å²) in [6.45, 7) is 2.52. The first-order chi connectivity index (χ1) is 8.58. The minimum atomic E-state index is -0.0329. The van der Waals surface area contributed by atoms with Gasteiger partial charge in [0.15, 0.2) is 0 Å². The zero-order chi connectivity index (χ0) is 13.5. The Bertz CT molecular complexity index is 410. The van der Waals surface area contributed by atoms with E-state index in [2.05, 4.69) is 21.2 Å². The average Bonchev–Trinajstić information content (AvgIpc) is 2.36. The fourth-order valence-corrected chi connectivity index (χ4v) is 2.11. The molecule has 1 amide bonds. The van der Waals surface area contributed by atoms with Gasteiger partial charge in [0.05, 0.1) is 11.6 Å². The molecule has 0 bridgehead atoms. The molecule has 5 heteroatoms. The number of carbonyl (C=O) groups is 1. The van der Waals surface area contributed by atoms with E-state index in [1.807, 2.05) is 25.1 Å². The lowest BCUT2D eigenvalue weighted by Gasteiger charge is -2.12. The van der Waals surface area contributed by atoms with Crippen LogP contribution in [0, 0.1) is 5.92 Å². The fourth-order valence-electron chi connectivity index (χ4n) is 1.56. The third kappa shape index (κ3) is 4.31. The number of nitrogens with one attached hydrogen (secondary N) is 1. The summed E-state index contributed by atoms with van der Waals surface area (Å²) in [6.07, 6.45) is 1.67. The summed E-state index contributed by atoms with van der Waals surface area (Å²) in [6, 6.07) is 5.45. The van der Waals surface area contributed by atoms with E-state index >= 15 is 0 Å². The van der Waals surface area contributed by atoms with Gasteiger partial charge in [-0.2, -0.15) is 0 Å². The normalized spacial score (nSPS) is 12.0. The van der Waals surface area contributed by atoms with E-state index in [9.17, 15) is 4.79 Å². The molecule has 0 aliphatic rings. The summed E-state index contributed by atoms with van der Waals surface area (Å²) in [5.74, 6) is 0.721. The number of ether oxygens (including phenoxy) is 1. The highest BCUT2D eigenvalue weighted by atomic mass is 79.9. The van der Waals surface area contributed by atoms with Gasteiger partial charge in [-0.1, -0.05) is 6.92 Å². The summed E-state index contributed by atoms with van der Waals surface area (Å²) >= 11 is 3.38. The van der Waals surface area contributed by atoms with Gasteiger partial charge in [0, 0.05) is 11.6 Å². The van der Waals surface area contributed by atoms with Crippen LogP contribution in [0.15, 0.2) is 22.7 Å². The third-order valence-electron chi connectivity index (χ3n) is 2.71. The molecule has 0 aliphatic carbocycles. The Labute approximate surface area is 116 Å². The first-order valence-corrected chi connectivity index (χ1v) is 6.72. The number of halogens is 1. The van der Waals surface area contributed by atoms with Crippen LogP contribution >= 0.6 is 15.9 Å². The highest BCUT2D eigenvalue weighted by Gasteiger charge is 2.12. The molecule has 4 nitrogen and oxygen atoms in total. The van der Waals surface area contributed by atoms with Crippen LogP contribution < -0.4 is 15.8 Å². The second kappa shape index (κ2) is 7.38. The lowest BCUT2D eigenvalue weighted by atomic mass is 10.0. The van der Waals surface area contributed by atoms with E-state index in [-0.39, 0.29) is 11.8 Å². The largest absolute Gasteiger partial charge is 0.496 e. The van der Waals surface area contributed by atoms with Crippen molar-refractivity contribution >= 4 is 27.5 Å². The zero-order valence-electron chi connectivity index (χ0n) is 10.7. The topological polar surface area (TPSA) is 64.3 Å². The predicted molar refractivity (Wildman–Crippen MR) is 76.8 cm³/mol. The molecular formula is C13H19BrN2O2. The number of hydrogen-bond acceptors (Lipinski definition) is 3. The molecule has 0 spiro atoms. The smallest absolute Gasteiger partial charge is 0.227 e. The number of methoxy groups -OCH3 is 1. The van der Waals surface area contributed by atoms with Gasteiger partial charge in [0.2, 0.25) is 5.91 Å². The third-order valence-corrected chi connectivity index (χ3v) is 3.33. The summed E-state index contributed by atoms with van der Waals surface area (Å²) in [5, 5.41) is 2.88. The van der Waals surface area contributed by atoms with Crippen molar-refractivity contribution in [2.45, 2.75) is 19.8 Å².